The number of halogens is 1. The minimum Gasteiger partial charge on any atom is -0.394 e. The van der Waals surface area contributed by atoms with Crippen LogP contribution in [-0.2, 0) is 11.9 Å². The van der Waals surface area contributed by atoms with Gasteiger partial charge in [-0.1, -0.05) is 24.0 Å². The van der Waals surface area contributed by atoms with Gasteiger partial charge in [-0.25, -0.2) is 4.57 Å². The monoisotopic (exact) mass is 305 g/mol. The average molecular weight is 306 g/mol. The second kappa shape index (κ2) is 9.27. The first-order valence-electron chi connectivity index (χ1n) is 6.13. The maximum atomic E-state index is 10.6. The highest BCUT2D eigenvalue weighted by Crippen LogP contribution is 2.08. The molecule has 0 aliphatic rings. The molecule has 0 aliphatic heterocycles. The second-order valence-electron chi connectivity index (χ2n) is 3.89. The first kappa shape index (κ1) is 18.3. The van der Waals surface area contributed by atoms with Crippen LogP contribution in [0.1, 0.15) is 19.5 Å². The highest BCUT2D eigenvalue weighted by Gasteiger charge is 2.15. The van der Waals surface area contributed by atoms with Crippen LogP contribution >= 0.6 is 12.4 Å². The number of hydrogen-bond acceptors (Lipinski definition) is 6. The van der Waals surface area contributed by atoms with Crippen molar-refractivity contribution in [1.29, 1.82) is 0 Å². The zero-order valence-electron chi connectivity index (χ0n) is 11.9. The van der Waals surface area contributed by atoms with Crippen molar-refractivity contribution in [2.75, 3.05) is 26.2 Å². The average Bonchev–Trinajstić information content (AvgIpc) is 2.75. The Kier molecular flexibility index (Phi) is 8.49. The first-order valence-corrected chi connectivity index (χ1v) is 6.13. The third kappa shape index (κ3) is 5.14. The van der Waals surface area contributed by atoms with Crippen LogP contribution in [0.4, 0.5) is 5.95 Å². The van der Waals surface area contributed by atoms with E-state index in [0.29, 0.717) is 12.3 Å². The third-order valence-electron chi connectivity index (χ3n) is 2.82. The van der Waals surface area contributed by atoms with Gasteiger partial charge < -0.3 is 19.9 Å². The Morgan fingerprint density at radius 1 is 1.55 bits per heavy atom. The van der Waals surface area contributed by atoms with Gasteiger partial charge >= 0.3 is 5.95 Å². The predicted molar refractivity (Wildman–Crippen MR) is 78.4 cm³/mol. The van der Waals surface area contributed by atoms with Crippen LogP contribution in [0, 0.1) is 10.1 Å². The van der Waals surface area contributed by atoms with E-state index in [0.717, 1.165) is 19.6 Å². The fraction of sp³-hybridized carbons (Fsp3) is 0.636. The molecule has 1 heterocycles. The number of oxime groups is 1. The number of rotatable bonds is 8. The number of nitro groups is 1. The van der Waals surface area contributed by atoms with Crippen LogP contribution in [0.15, 0.2) is 11.4 Å². The third-order valence-corrected chi connectivity index (χ3v) is 2.82. The molecule has 0 saturated carbocycles. The van der Waals surface area contributed by atoms with Crippen LogP contribution in [0.2, 0.25) is 0 Å². The molecular formula is C11H20ClN5O3. The van der Waals surface area contributed by atoms with Crippen LogP contribution in [0.25, 0.3) is 0 Å². The molecule has 0 N–H and O–H groups in total. The van der Waals surface area contributed by atoms with Crippen molar-refractivity contribution in [1.82, 2.24) is 14.5 Å². The van der Waals surface area contributed by atoms with Crippen LogP contribution < -0.4 is 0 Å². The summed E-state index contributed by atoms with van der Waals surface area (Å²) in [6.45, 7) is 7.39. The molecule has 0 bridgehead atoms. The van der Waals surface area contributed by atoms with E-state index >= 15 is 0 Å². The lowest BCUT2D eigenvalue weighted by molar-refractivity contribution is -0.396. The SMILES string of the molecule is CCN(CC)CCO/N=C/c1cnc([N+](=O)[O-])n1C.Cl. The van der Waals surface area contributed by atoms with Crippen molar-refractivity contribution in [3.8, 4) is 0 Å². The molecule has 0 saturated heterocycles. The van der Waals surface area contributed by atoms with Gasteiger partial charge in [-0.05, 0) is 18.0 Å². The van der Waals surface area contributed by atoms with E-state index < -0.39 is 4.92 Å². The van der Waals surface area contributed by atoms with Crippen molar-refractivity contribution in [2.24, 2.45) is 12.2 Å². The molecular weight excluding hydrogens is 286 g/mol. The summed E-state index contributed by atoms with van der Waals surface area (Å²) in [7, 11) is 1.56. The number of aromatic nitrogens is 2. The lowest BCUT2D eigenvalue weighted by Gasteiger charge is -2.16. The number of nitrogens with zero attached hydrogens (tertiary/aromatic N) is 5. The quantitative estimate of drug-likeness (QED) is 0.314. The molecule has 0 fully saturated rings. The van der Waals surface area contributed by atoms with E-state index in [9.17, 15) is 10.1 Å². The van der Waals surface area contributed by atoms with Gasteiger partial charge in [0, 0.05) is 6.54 Å². The highest BCUT2D eigenvalue weighted by molar-refractivity contribution is 5.85. The molecule has 9 heteroatoms. The van der Waals surface area contributed by atoms with E-state index in [-0.39, 0.29) is 18.4 Å². The summed E-state index contributed by atoms with van der Waals surface area (Å²) in [6.07, 6.45) is 2.80. The van der Waals surface area contributed by atoms with Crippen LogP contribution in [0.5, 0.6) is 0 Å². The summed E-state index contributed by atoms with van der Waals surface area (Å²) in [5.74, 6) is -0.218. The molecule has 1 aromatic rings. The summed E-state index contributed by atoms with van der Waals surface area (Å²) < 4.78 is 1.34. The summed E-state index contributed by atoms with van der Waals surface area (Å²) in [4.78, 5) is 21.1. The fourth-order valence-corrected chi connectivity index (χ4v) is 1.56. The summed E-state index contributed by atoms with van der Waals surface area (Å²) in [5.41, 5.74) is 0.523. The Hall–Kier alpha value is -1.67. The van der Waals surface area contributed by atoms with Gasteiger partial charge in [0.2, 0.25) is 0 Å². The number of imidazole rings is 1. The molecule has 0 unspecified atom stereocenters. The van der Waals surface area contributed by atoms with Crippen LogP contribution in [-0.4, -0.2) is 51.8 Å². The first-order chi connectivity index (χ1) is 9.10. The van der Waals surface area contributed by atoms with Gasteiger partial charge in [0.25, 0.3) is 0 Å². The van der Waals surface area contributed by atoms with E-state index in [4.69, 9.17) is 4.84 Å². The van der Waals surface area contributed by atoms with Crippen molar-refractivity contribution in [2.45, 2.75) is 13.8 Å². The molecule has 1 aromatic heterocycles. The standard InChI is InChI=1S/C11H19N5O3.ClH/c1-4-15(5-2)6-7-19-13-9-10-8-12-11(14(10)3)16(17)18;/h8-9H,4-7H2,1-3H3;1H/b13-9+;. The molecule has 20 heavy (non-hydrogen) atoms. The van der Waals surface area contributed by atoms with Gasteiger partial charge in [0.1, 0.15) is 19.0 Å². The van der Waals surface area contributed by atoms with Gasteiger partial charge in [0.05, 0.1) is 7.05 Å². The molecule has 0 atom stereocenters. The minimum absolute atomic E-state index is 0. The molecule has 0 amide bonds. The lowest BCUT2D eigenvalue weighted by atomic mass is 10.5. The van der Waals surface area contributed by atoms with E-state index in [1.165, 1.54) is 17.0 Å². The Morgan fingerprint density at radius 3 is 2.70 bits per heavy atom. The normalized spacial score (nSPS) is 10.8. The number of likely N-dealkylation sites (N-methyl/N-ethyl adjacent to an activating group) is 1. The Labute approximate surface area is 124 Å². The van der Waals surface area contributed by atoms with Crippen LogP contribution in [0.3, 0.4) is 0 Å². The molecule has 8 nitrogen and oxygen atoms in total. The Morgan fingerprint density at radius 2 is 2.20 bits per heavy atom. The molecule has 1 rings (SSSR count). The predicted octanol–water partition coefficient (Wildman–Crippen LogP) is 1.44. The largest absolute Gasteiger partial charge is 0.434 e. The summed E-state index contributed by atoms with van der Waals surface area (Å²) >= 11 is 0. The lowest BCUT2D eigenvalue weighted by Crippen LogP contribution is -2.26. The van der Waals surface area contributed by atoms with E-state index in [1.54, 1.807) is 7.05 Å². The van der Waals surface area contributed by atoms with E-state index in [1.807, 2.05) is 0 Å². The van der Waals surface area contributed by atoms with Gasteiger partial charge in [0.15, 0.2) is 5.69 Å². The fourth-order valence-electron chi connectivity index (χ4n) is 1.56. The Balaban J connectivity index is 0.00000361. The molecule has 0 aromatic carbocycles. The van der Waals surface area contributed by atoms with Gasteiger partial charge in [-0.2, -0.15) is 0 Å². The van der Waals surface area contributed by atoms with Crippen molar-refractivity contribution < 1.29 is 9.76 Å². The smallest absolute Gasteiger partial charge is 0.394 e. The summed E-state index contributed by atoms with van der Waals surface area (Å²) in [6, 6.07) is 0. The zero-order chi connectivity index (χ0) is 14.3. The number of hydrogen-bond donors (Lipinski definition) is 0. The Bertz CT molecular complexity index is 445. The van der Waals surface area contributed by atoms with Gasteiger partial charge in [-0.3, -0.25) is 0 Å². The maximum Gasteiger partial charge on any atom is 0.434 e. The van der Waals surface area contributed by atoms with Crippen molar-refractivity contribution >= 4 is 24.6 Å². The summed E-state index contributed by atoms with van der Waals surface area (Å²) in [5, 5.41) is 14.4. The van der Waals surface area contributed by atoms with Crippen molar-refractivity contribution in [3.05, 3.63) is 22.0 Å². The molecule has 114 valence electrons. The topological polar surface area (TPSA) is 85.8 Å². The molecule has 0 aliphatic carbocycles. The highest BCUT2D eigenvalue weighted by atomic mass is 35.5. The van der Waals surface area contributed by atoms with Gasteiger partial charge in [-0.15, -0.1) is 12.4 Å². The molecule has 0 radical (unpaired) electrons. The zero-order valence-corrected chi connectivity index (χ0v) is 12.7. The second-order valence-corrected chi connectivity index (χ2v) is 3.89. The molecule has 0 spiro atoms. The van der Waals surface area contributed by atoms with Crippen molar-refractivity contribution in [3.63, 3.8) is 0 Å². The maximum absolute atomic E-state index is 10.6. The minimum atomic E-state index is -0.543. The van der Waals surface area contributed by atoms with E-state index in [2.05, 4.69) is 28.9 Å².